The van der Waals surface area contributed by atoms with Crippen LogP contribution in [0.1, 0.15) is 38.5 Å². The van der Waals surface area contributed by atoms with Crippen LogP contribution in [0, 0.1) is 0 Å². The average molecular weight is 185 g/mol. The van der Waals surface area contributed by atoms with E-state index in [1.165, 1.54) is 19.3 Å². The fourth-order valence-corrected chi connectivity index (χ4v) is 1.65. The molecule has 0 aliphatic heterocycles. The summed E-state index contributed by atoms with van der Waals surface area (Å²) in [5.74, 6) is -0.675. The fourth-order valence-electron chi connectivity index (χ4n) is 1.65. The Kier molecular flexibility index (Phi) is 4.22. The third-order valence-corrected chi connectivity index (χ3v) is 2.85. The number of rotatable bonds is 6. The number of nitrogens with zero attached hydrogens (tertiary/aromatic N) is 1. The van der Waals surface area contributed by atoms with Gasteiger partial charge in [0, 0.05) is 12.5 Å². The molecule has 0 radical (unpaired) electrons. The molecular weight excluding hydrogens is 166 g/mol. The average Bonchev–Trinajstić information content (AvgIpc) is 1.94. The van der Waals surface area contributed by atoms with Crippen molar-refractivity contribution in [2.24, 2.45) is 0 Å². The van der Waals surface area contributed by atoms with Crippen LogP contribution in [-0.2, 0) is 4.79 Å². The van der Waals surface area contributed by atoms with E-state index in [2.05, 4.69) is 11.9 Å². The van der Waals surface area contributed by atoms with Crippen molar-refractivity contribution >= 4 is 5.97 Å². The van der Waals surface area contributed by atoms with Crippen molar-refractivity contribution in [2.45, 2.75) is 44.6 Å². The number of carboxylic acids is 1. The zero-order valence-electron chi connectivity index (χ0n) is 8.33. The second-order valence-corrected chi connectivity index (χ2v) is 3.92. The molecule has 3 heteroatoms. The fraction of sp³-hybridized carbons (Fsp3) is 0.900. The molecule has 1 fully saturated rings. The van der Waals surface area contributed by atoms with Gasteiger partial charge in [-0.3, -0.25) is 4.79 Å². The Bertz CT molecular complexity index is 166. The molecule has 1 aliphatic rings. The third kappa shape index (κ3) is 3.77. The molecular formula is C10H19NO2. The van der Waals surface area contributed by atoms with Crippen molar-refractivity contribution in [3.63, 3.8) is 0 Å². The number of hydrogen-bond acceptors (Lipinski definition) is 2. The number of unbranched alkanes of at least 4 members (excludes halogenated alkanes) is 1. The van der Waals surface area contributed by atoms with Crippen molar-refractivity contribution in [3.05, 3.63) is 0 Å². The summed E-state index contributed by atoms with van der Waals surface area (Å²) in [6.07, 6.45) is 6.17. The van der Waals surface area contributed by atoms with E-state index in [1.54, 1.807) is 0 Å². The molecule has 1 N–H and O–H groups in total. The molecule has 3 nitrogen and oxygen atoms in total. The summed E-state index contributed by atoms with van der Waals surface area (Å²) < 4.78 is 0. The first-order valence-corrected chi connectivity index (χ1v) is 5.12. The third-order valence-electron chi connectivity index (χ3n) is 2.85. The van der Waals surface area contributed by atoms with Crippen molar-refractivity contribution < 1.29 is 9.90 Å². The van der Waals surface area contributed by atoms with Gasteiger partial charge in [0.05, 0.1) is 0 Å². The monoisotopic (exact) mass is 185 g/mol. The standard InChI is InChI=1S/C10H19NO2/c1-11(9-5-4-6-9)8-3-2-7-10(12)13/h9H,2-8H2,1H3,(H,12,13). The first-order chi connectivity index (χ1) is 6.20. The van der Waals surface area contributed by atoms with E-state index in [0.717, 1.165) is 25.4 Å². The zero-order valence-corrected chi connectivity index (χ0v) is 8.33. The smallest absolute Gasteiger partial charge is 0.303 e. The minimum absolute atomic E-state index is 0.318. The minimum atomic E-state index is -0.675. The van der Waals surface area contributed by atoms with Crippen LogP contribution in [0.15, 0.2) is 0 Å². The quantitative estimate of drug-likeness (QED) is 0.641. The van der Waals surface area contributed by atoms with Gasteiger partial charge in [-0.05, 0) is 39.3 Å². The lowest BCUT2D eigenvalue weighted by Gasteiger charge is -2.34. The number of hydrogen-bond donors (Lipinski definition) is 1. The first kappa shape index (κ1) is 10.5. The molecule has 0 amide bonds. The minimum Gasteiger partial charge on any atom is -0.481 e. The van der Waals surface area contributed by atoms with Gasteiger partial charge < -0.3 is 10.0 Å². The molecule has 13 heavy (non-hydrogen) atoms. The largest absolute Gasteiger partial charge is 0.481 e. The van der Waals surface area contributed by atoms with E-state index in [-0.39, 0.29) is 0 Å². The predicted molar refractivity (Wildman–Crippen MR) is 51.8 cm³/mol. The topological polar surface area (TPSA) is 40.5 Å². The summed E-state index contributed by atoms with van der Waals surface area (Å²) in [6, 6.07) is 0.782. The lowest BCUT2D eigenvalue weighted by molar-refractivity contribution is -0.137. The van der Waals surface area contributed by atoms with Gasteiger partial charge in [0.1, 0.15) is 0 Å². The molecule has 0 saturated heterocycles. The van der Waals surface area contributed by atoms with Gasteiger partial charge in [-0.2, -0.15) is 0 Å². The molecule has 0 aromatic carbocycles. The van der Waals surface area contributed by atoms with Gasteiger partial charge in [-0.1, -0.05) is 6.42 Å². The number of carbonyl (C=O) groups is 1. The van der Waals surface area contributed by atoms with Crippen LogP contribution in [0.25, 0.3) is 0 Å². The van der Waals surface area contributed by atoms with Crippen molar-refractivity contribution in [3.8, 4) is 0 Å². The van der Waals surface area contributed by atoms with Crippen molar-refractivity contribution in [2.75, 3.05) is 13.6 Å². The Morgan fingerprint density at radius 1 is 1.46 bits per heavy atom. The van der Waals surface area contributed by atoms with E-state index in [1.807, 2.05) is 0 Å². The van der Waals surface area contributed by atoms with Crippen LogP contribution in [0.2, 0.25) is 0 Å². The Morgan fingerprint density at radius 2 is 2.15 bits per heavy atom. The second kappa shape index (κ2) is 5.22. The second-order valence-electron chi connectivity index (χ2n) is 3.92. The lowest BCUT2D eigenvalue weighted by Crippen LogP contribution is -2.37. The highest BCUT2D eigenvalue weighted by Gasteiger charge is 2.20. The van der Waals surface area contributed by atoms with Gasteiger partial charge in [0.25, 0.3) is 0 Å². The van der Waals surface area contributed by atoms with E-state index in [9.17, 15) is 4.79 Å². The summed E-state index contributed by atoms with van der Waals surface area (Å²) in [5.41, 5.74) is 0. The van der Waals surface area contributed by atoms with Crippen LogP contribution < -0.4 is 0 Å². The Morgan fingerprint density at radius 3 is 2.62 bits per heavy atom. The normalized spacial score (nSPS) is 17.4. The summed E-state index contributed by atoms with van der Waals surface area (Å²) in [7, 11) is 2.14. The van der Waals surface area contributed by atoms with Gasteiger partial charge in [-0.15, -0.1) is 0 Å². The van der Waals surface area contributed by atoms with Crippen molar-refractivity contribution in [1.29, 1.82) is 0 Å². The predicted octanol–water partition coefficient (Wildman–Crippen LogP) is 1.73. The maximum atomic E-state index is 10.2. The van der Waals surface area contributed by atoms with Crippen LogP contribution in [0.4, 0.5) is 0 Å². The molecule has 0 aromatic heterocycles. The maximum Gasteiger partial charge on any atom is 0.303 e. The van der Waals surface area contributed by atoms with Gasteiger partial charge in [0.15, 0.2) is 0 Å². The van der Waals surface area contributed by atoms with E-state index >= 15 is 0 Å². The molecule has 1 rings (SSSR count). The molecule has 0 bridgehead atoms. The highest BCUT2D eigenvalue weighted by atomic mass is 16.4. The first-order valence-electron chi connectivity index (χ1n) is 5.12. The molecule has 0 aromatic rings. The highest BCUT2D eigenvalue weighted by molar-refractivity contribution is 5.66. The Labute approximate surface area is 79.7 Å². The summed E-state index contributed by atoms with van der Waals surface area (Å²) in [4.78, 5) is 12.6. The summed E-state index contributed by atoms with van der Waals surface area (Å²) in [6.45, 7) is 1.05. The summed E-state index contributed by atoms with van der Waals surface area (Å²) in [5, 5.41) is 8.43. The van der Waals surface area contributed by atoms with Crippen LogP contribution in [-0.4, -0.2) is 35.6 Å². The molecule has 0 atom stereocenters. The van der Waals surface area contributed by atoms with Gasteiger partial charge in [-0.25, -0.2) is 0 Å². The van der Waals surface area contributed by atoms with Crippen LogP contribution in [0.5, 0.6) is 0 Å². The Hall–Kier alpha value is -0.570. The number of carboxylic acid groups (broad SMARTS) is 1. The van der Waals surface area contributed by atoms with E-state index in [4.69, 9.17) is 5.11 Å². The summed E-state index contributed by atoms with van der Waals surface area (Å²) >= 11 is 0. The Balaban J connectivity index is 1.95. The molecule has 1 aliphatic carbocycles. The van der Waals surface area contributed by atoms with E-state index in [0.29, 0.717) is 6.42 Å². The molecule has 0 unspecified atom stereocenters. The lowest BCUT2D eigenvalue weighted by atomic mass is 9.92. The maximum absolute atomic E-state index is 10.2. The molecule has 0 spiro atoms. The molecule has 76 valence electrons. The SMILES string of the molecule is CN(CCCCC(=O)O)C1CCC1. The van der Waals surface area contributed by atoms with E-state index < -0.39 is 5.97 Å². The van der Waals surface area contributed by atoms with Crippen LogP contribution >= 0.6 is 0 Å². The van der Waals surface area contributed by atoms with Crippen molar-refractivity contribution in [1.82, 2.24) is 4.90 Å². The van der Waals surface area contributed by atoms with Gasteiger partial charge in [0.2, 0.25) is 0 Å². The van der Waals surface area contributed by atoms with Gasteiger partial charge >= 0.3 is 5.97 Å². The molecule has 0 heterocycles. The molecule has 1 saturated carbocycles. The number of aliphatic carboxylic acids is 1. The van der Waals surface area contributed by atoms with Crippen LogP contribution in [0.3, 0.4) is 0 Å². The highest BCUT2D eigenvalue weighted by Crippen LogP contribution is 2.23. The zero-order chi connectivity index (χ0) is 9.68.